The Bertz CT molecular complexity index is 1020. The van der Waals surface area contributed by atoms with Crippen LogP contribution in [0.1, 0.15) is 34.3 Å². The van der Waals surface area contributed by atoms with Gasteiger partial charge in [-0.25, -0.2) is 4.79 Å². The molecule has 6 heteroatoms. The Morgan fingerprint density at radius 2 is 1.84 bits per heavy atom. The van der Waals surface area contributed by atoms with Gasteiger partial charge in [-0.2, -0.15) is 0 Å². The van der Waals surface area contributed by atoms with E-state index in [-0.39, 0.29) is 0 Å². The number of aromatic carboxylic acids is 1. The lowest BCUT2D eigenvalue weighted by molar-refractivity contribution is 0.0697. The minimum Gasteiger partial charge on any atom is -0.496 e. The normalized spacial score (nSPS) is 17.2. The van der Waals surface area contributed by atoms with Gasteiger partial charge in [-0.3, -0.25) is 9.80 Å². The van der Waals surface area contributed by atoms with E-state index in [9.17, 15) is 4.79 Å². The van der Waals surface area contributed by atoms with E-state index >= 15 is 0 Å². The third kappa shape index (κ3) is 5.09. The van der Waals surface area contributed by atoms with Gasteiger partial charge in [0.2, 0.25) is 0 Å². The molecule has 1 aromatic heterocycles. The van der Waals surface area contributed by atoms with Crippen molar-refractivity contribution >= 4 is 16.9 Å². The molecule has 2 heterocycles. The van der Waals surface area contributed by atoms with Gasteiger partial charge in [0.1, 0.15) is 5.75 Å². The van der Waals surface area contributed by atoms with Gasteiger partial charge >= 0.3 is 5.97 Å². The zero-order valence-corrected chi connectivity index (χ0v) is 18.3. The molecule has 2 N–H and O–H groups in total. The molecule has 0 atom stereocenters. The summed E-state index contributed by atoms with van der Waals surface area (Å²) in [4.78, 5) is 18.8. The van der Waals surface area contributed by atoms with Gasteiger partial charge in [0.05, 0.1) is 12.7 Å². The van der Waals surface area contributed by atoms with Crippen molar-refractivity contribution in [1.82, 2.24) is 14.8 Å². The van der Waals surface area contributed by atoms with Gasteiger partial charge in [-0.15, -0.1) is 0 Å². The Morgan fingerprint density at radius 3 is 2.42 bits per heavy atom. The maximum Gasteiger partial charge on any atom is 0.335 e. The van der Waals surface area contributed by atoms with Crippen LogP contribution in [0, 0.1) is 6.92 Å². The molecule has 0 bridgehead atoms. The van der Waals surface area contributed by atoms with E-state index in [1.165, 1.54) is 61.1 Å². The first-order chi connectivity index (χ1) is 15.1. The first kappa shape index (κ1) is 21.4. The van der Waals surface area contributed by atoms with E-state index in [0.29, 0.717) is 5.56 Å². The number of hydrogen-bond acceptors (Lipinski definition) is 4. The number of ether oxygens (including phenoxy) is 1. The number of rotatable bonds is 5. The zero-order valence-electron chi connectivity index (χ0n) is 18.3. The summed E-state index contributed by atoms with van der Waals surface area (Å²) in [5.41, 5.74) is 4.15. The van der Waals surface area contributed by atoms with Crippen LogP contribution in [0.25, 0.3) is 10.9 Å². The summed E-state index contributed by atoms with van der Waals surface area (Å²) >= 11 is 0. The van der Waals surface area contributed by atoms with Crippen LogP contribution in [-0.4, -0.2) is 65.2 Å². The molecule has 6 nitrogen and oxygen atoms in total. The second kappa shape index (κ2) is 9.54. The van der Waals surface area contributed by atoms with Crippen LogP contribution in [0.15, 0.2) is 48.7 Å². The molecular formula is C25H31N3O3. The van der Waals surface area contributed by atoms with Crippen molar-refractivity contribution in [3.8, 4) is 5.75 Å². The fourth-order valence-corrected chi connectivity index (χ4v) is 4.31. The maximum atomic E-state index is 10.2. The number of H-pyrrole nitrogens is 1. The molecule has 1 saturated carbocycles. The number of hydrogen-bond donors (Lipinski definition) is 2. The summed E-state index contributed by atoms with van der Waals surface area (Å²) < 4.78 is 5.66. The van der Waals surface area contributed by atoms with Crippen LogP contribution in [0.2, 0.25) is 0 Å². The molecule has 2 aliphatic rings. The lowest BCUT2D eigenvalue weighted by atomic mass is 10.0. The van der Waals surface area contributed by atoms with E-state index < -0.39 is 5.97 Å². The molecule has 0 radical (unpaired) electrons. The topological polar surface area (TPSA) is 68.8 Å². The highest BCUT2D eigenvalue weighted by Gasteiger charge is 2.31. The third-order valence-corrected chi connectivity index (χ3v) is 6.20. The van der Waals surface area contributed by atoms with Gasteiger partial charge in [0, 0.05) is 61.4 Å². The Balaban J connectivity index is 0.000000217. The van der Waals surface area contributed by atoms with E-state index in [1.807, 2.05) is 6.20 Å². The van der Waals surface area contributed by atoms with Crippen LogP contribution in [0.5, 0.6) is 5.75 Å². The van der Waals surface area contributed by atoms with E-state index in [0.717, 1.165) is 18.3 Å². The number of aromatic amines is 1. The molecule has 3 aromatic rings. The molecular weight excluding hydrogens is 390 g/mol. The Kier molecular flexibility index (Phi) is 6.59. The van der Waals surface area contributed by atoms with Crippen molar-refractivity contribution in [1.29, 1.82) is 0 Å². The summed E-state index contributed by atoms with van der Waals surface area (Å²) in [6, 6.07) is 13.5. The predicted octanol–water partition coefficient (Wildman–Crippen LogP) is 4.15. The minimum atomic E-state index is -0.879. The smallest absolute Gasteiger partial charge is 0.335 e. The van der Waals surface area contributed by atoms with Gasteiger partial charge in [0.25, 0.3) is 0 Å². The average molecular weight is 422 g/mol. The molecule has 0 spiro atoms. The monoisotopic (exact) mass is 421 g/mol. The zero-order chi connectivity index (χ0) is 21.8. The third-order valence-electron chi connectivity index (χ3n) is 6.20. The second-order valence-electron chi connectivity index (χ2n) is 8.36. The molecule has 1 saturated heterocycles. The Labute approximate surface area is 183 Å². The summed E-state index contributed by atoms with van der Waals surface area (Å²) in [5.74, 6) is 0.143. The molecule has 0 amide bonds. The van der Waals surface area contributed by atoms with Crippen LogP contribution in [0.4, 0.5) is 0 Å². The largest absolute Gasteiger partial charge is 0.496 e. The van der Waals surface area contributed by atoms with Crippen molar-refractivity contribution in [3.05, 3.63) is 65.4 Å². The highest BCUT2D eigenvalue weighted by atomic mass is 16.5. The molecule has 31 heavy (non-hydrogen) atoms. The molecule has 1 aliphatic heterocycles. The molecule has 1 aliphatic carbocycles. The van der Waals surface area contributed by atoms with Gasteiger partial charge < -0.3 is 14.8 Å². The van der Waals surface area contributed by atoms with Crippen LogP contribution >= 0.6 is 0 Å². The van der Waals surface area contributed by atoms with Crippen LogP contribution < -0.4 is 4.74 Å². The first-order valence-corrected chi connectivity index (χ1v) is 10.9. The van der Waals surface area contributed by atoms with Crippen LogP contribution in [-0.2, 0) is 6.54 Å². The van der Waals surface area contributed by atoms with E-state index in [4.69, 9.17) is 9.84 Å². The standard InChI is InChI=1S/C18H25N3O.C7H6O2/c1-13-11-17(22-2)16(15-5-6-19-18(13)15)12-20-7-9-21(10-8-20)14-3-4-14;8-7(9)6-4-2-1-3-5-6/h5-6,11,14,19H,3-4,7-10,12H2,1-2H3;1-5H,(H,8,9). The number of aromatic nitrogens is 1. The highest BCUT2D eigenvalue weighted by molar-refractivity contribution is 5.88. The van der Waals surface area contributed by atoms with Gasteiger partial charge in [0.15, 0.2) is 0 Å². The maximum absolute atomic E-state index is 10.2. The van der Waals surface area contributed by atoms with Gasteiger partial charge in [-0.05, 0) is 49.6 Å². The number of carbonyl (C=O) groups is 1. The Morgan fingerprint density at radius 1 is 1.13 bits per heavy atom. The second-order valence-corrected chi connectivity index (χ2v) is 8.36. The predicted molar refractivity (Wildman–Crippen MR) is 123 cm³/mol. The highest BCUT2D eigenvalue weighted by Crippen LogP contribution is 2.32. The number of carboxylic acids is 1. The molecule has 0 unspecified atom stereocenters. The summed E-state index contributed by atoms with van der Waals surface area (Å²) in [6.45, 7) is 7.89. The number of benzene rings is 2. The lowest BCUT2D eigenvalue weighted by Crippen LogP contribution is -2.46. The van der Waals surface area contributed by atoms with Gasteiger partial charge in [-0.1, -0.05) is 18.2 Å². The summed E-state index contributed by atoms with van der Waals surface area (Å²) in [7, 11) is 1.78. The quantitative estimate of drug-likeness (QED) is 0.648. The Hall–Kier alpha value is -2.83. The number of nitrogens with zero attached hydrogens (tertiary/aromatic N) is 2. The van der Waals surface area contributed by atoms with E-state index in [2.05, 4.69) is 33.8 Å². The number of aryl methyl sites for hydroxylation is 1. The van der Waals surface area contributed by atoms with Crippen molar-refractivity contribution in [2.24, 2.45) is 0 Å². The van der Waals surface area contributed by atoms with E-state index in [1.54, 1.807) is 37.4 Å². The fraction of sp³-hybridized carbons (Fsp3) is 0.400. The number of methoxy groups -OCH3 is 1. The number of nitrogens with one attached hydrogen (secondary N) is 1. The van der Waals surface area contributed by atoms with Crippen molar-refractivity contribution in [2.75, 3.05) is 33.3 Å². The summed E-state index contributed by atoms with van der Waals surface area (Å²) in [5, 5.41) is 9.69. The fourth-order valence-electron chi connectivity index (χ4n) is 4.31. The van der Waals surface area contributed by atoms with Crippen molar-refractivity contribution in [3.63, 3.8) is 0 Å². The number of fused-ring (bicyclic) bond motifs is 1. The molecule has 2 aromatic carbocycles. The average Bonchev–Trinajstić information content (AvgIpc) is 3.52. The summed E-state index contributed by atoms with van der Waals surface area (Å²) in [6.07, 6.45) is 4.86. The number of carboxylic acid groups (broad SMARTS) is 1. The van der Waals surface area contributed by atoms with Crippen LogP contribution in [0.3, 0.4) is 0 Å². The molecule has 5 rings (SSSR count). The molecule has 2 fully saturated rings. The minimum absolute atomic E-state index is 0.331. The lowest BCUT2D eigenvalue weighted by Gasteiger charge is -2.35. The number of piperazine rings is 1. The first-order valence-electron chi connectivity index (χ1n) is 10.9. The SMILES string of the molecule is COc1cc(C)c2[nH]ccc2c1CN1CCN(C2CC2)CC1.O=C(O)c1ccccc1. The van der Waals surface area contributed by atoms with Crippen molar-refractivity contribution < 1.29 is 14.6 Å². The molecule has 164 valence electrons. The van der Waals surface area contributed by atoms with Crippen molar-refractivity contribution in [2.45, 2.75) is 32.4 Å².